The minimum Gasteiger partial charge on any atom is -0.547 e. The summed E-state index contributed by atoms with van der Waals surface area (Å²) in [6.45, 7) is 1.93. The van der Waals surface area contributed by atoms with Gasteiger partial charge in [-0.1, -0.05) is 0 Å². The molecule has 0 aliphatic carbocycles. The van der Waals surface area contributed by atoms with Crippen molar-refractivity contribution in [3.8, 4) is 0 Å². The van der Waals surface area contributed by atoms with Crippen molar-refractivity contribution in [3.63, 3.8) is 0 Å². The second kappa shape index (κ2) is 22.0. The van der Waals surface area contributed by atoms with Crippen molar-refractivity contribution >= 4 is 11.9 Å². The second-order valence-corrected chi connectivity index (χ2v) is 2.01. The summed E-state index contributed by atoms with van der Waals surface area (Å²) >= 11 is 0. The molecule has 0 unspecified atom stereocenters. The van der Waals surface area contributed by atoms with Gasteiger partial charge in [0.1, 0.15) is 0 Å². The molecule has 9 nitrogen and oxygen atoms in total. The maximum Gasteiger partial charge on any atom is 1.00 e. The van der Waals surface area contributed by atoms with Crippen molar-refractivity contribution in [2.75, 3.05) is 6.61 Å². The fraction of sp³-hybridized carbons (Fsp3) is 0.667. The minimum atomic E-state index is -1.44. The van der Waals surface area contributed by atoms with Crippen molar-refractivity contribution in [1.29, 1.82) is 0 Å². The normalized spacial score (nSPS) is 7.53. The number of carboxylic acid groups (broad SMARTS) is 2. The van der Waals surface area contributed by atoms with Crippen LogP contribution in [0.5, 0.6) is 0 Å². The topological polar surface area (TPSA) is 205 Å². The molecule has 11 heteroatoms. The fourth-order valence-electron chi connectivity index (χ4n) is 0. The van der Waals surface area contributed by atoms with E-state index in [4.69, 9.17) is 5.11 Å². The number of hydrogen-bond donors (Lipinski definition) is 5. The number of carboxylic acids is 2. The maximum atomic E-state index is 9.34. The van der Waals surface area contributed by atoms with Gasteiger partial charge in [-0.05, 0) is 6.92 Å². The van der Waals surface area contributed by atoms with E-state index in [-0.39, 0.29) is 65.7 Å². The third-order valence-corrected chi connectivity index (χ3v) is 0.544. The number of carbonyl (C=O) groups is 2. The molecule has 0 rings (SSSR count). The first-order valence-corrected chi connectivity index (χ1v) is 3.75. The molecule has 0 aromatic carbocycles. The molecular weight excluding hydrogens is 254 g/mol. The van der Waals surface area contributed by atoms with Gasteiger partial charge in [0.05, 0.1) is 24.3 Å². The molecule has 0 radical (unpaired) electrons. The van der Waals surface area contributed by atoms with E-state index in [9.17, 15) is 19.8 Å². The molecule has 0 bridgehead atoms. The molecule has 0 amide bonds. The quantitative estimate of drug-likeness (QED) is 0.238. The van der Waals surface area contributed by atoms with Crippen LogP contribution in [-0.4, -0.2) is 36.0 Å². The first kappa shape index (κ1) is 30.6. The number of aliphatic hydroxyl groups excluding tert-OH is 1. The fourth-order valence-corrected chi connectivity index (χ4v) is 0. The largest absolute Gasteiger partial charge is 1.00 e. The van der Waals surface area contributed by atoms with E-state index in [0.29, 0.717) is 0 Å². The van der Waals surface area contributed by atoms with Crippen molar-refractivity contribution in [2.45, 2.75) is 19.3 Å². The number of aliphatic carboxylic acids is 2. The van der Waals surface area contributed by atoms with Crippen LogP contribution in [0.4, 0.5) is 0 Å². The molecular formula is C6H16N4Na2O5. The van der Waals surface area contributed by atoms with Crippen molar-refractivity contribution < 1.29 is 84.0 Å². The molecule has 9 N–H and O–H groups in total. The van der Waals surface area contributed by atoms with Crippen molar-refractivity contribution in [3.05, 3.63) is 0 Å². The van der Waals surface area contributed by atoms with Gasteiger partial charge >= 0.3 is 59.1 Å². The predicted molar refractivity (Wildman–Crippen MR) is 47.1 cm³/mol. The molecule has 0 aliphatic rings. The average Bonchev–Trinajstić information content (AvgIpc) is 2.06. The molecule has 0 spiro atoms. The first-order valence-electron chi connectivity index (χ1n) is 3.75. The van der Waals surface area contributed by atoms with E-state index >= 15 is 0 Å². The Morgan fingerprint density at radius 3 is 1.06 bits per heavy atom. The first-order chi connectivity index (χ1) is 6.70. The van der Waals surface area contributed by atoms with E-state index in [1.165, 1.54) is 0 Å². The molecule has 0 heterocycles. The zero-order chi connectivity index (χ0) is 13.0. The SMILES string of the molecule is CCO.NC(N)C(=O)[O-].NC(N)C(=O)[O-].[Na+].[Na+]. The van der Waals surface area contributed by atoms with Gasteiger partial charge in [-0.3, -0.25) is 0 Å². The van der Waals surface area contributed by atoms with Crippen LogP contribution in [0.2, 0.25) is 0 Å². The predicted octanol–water partition coefficient (Wildman–Crippen LogP) is -12.0. The molecule has 0 saturated heterocycles. The number of nitrogens with two attached hydrogens (primary N) is 4. The third-order valence-electron chi connectivity index (χ3n) is 0.544. The van der Waals surface area contributed by atoms with Crippen molar-refractivity contribution in [1.82, 2.24) is 0 Å². The van der Waals surface area contributed by atoms with Gasteiger partial charge in [0.25, 0.3) is 0 Å². The van der Waals surface area contributed by atoms with Crippen LogP contribution in [-0.2, 0) is 9.59 Å². The van der Waals surface area contributed by atoms with Gasteiger partial charge in [-0.25, -0.2) is 0 Å². The minimum absolute atomic E-state index is 0. The zero-order valence-electron chi connectivity index (χ0n) is 10.3. The Morgan fingerprint density at radius 2 is 1.06 bits per heavy atom. The third kappa shape index (κ3) is 47.6. The summed E-state index contributed by atoms with van der Waals surface area (Å²) in [6, 6.07) is 0. The molecule has 92 valence electrons. The Labute approximate surface area is 143 Å². The van der Waals surface area contributed by atoms with Crippen LogP contribution < -0.4 is 92.3 Å². The summed E-state index contributed by atoms with van der Waals surface area (Å²) in [6.07, 6.45) is -2.69. The Bertz CT molecular complexity index is 164. The van der Waals surface area contributed by atoms with E-state index in [1.807, 2.05) is 0 Å². The summed E-state index contributed by atoms with van der Waals surface area (Å²) in [5, 5.41) is 26.2. The monoisotopic (exact) mass is 270 g/mol. The molecule has 0 saturated carbocycles. The molecule has 17 heavy (non-hydrogen) atoms. The van der Waals surface area contributed by atoms with Crippen molar-refractivity contribution in [2.24, 2.45) is 22.9 Å². The van der Waals surface area contributed by atoms with Crippen LogP contribution in [0.1, 0.15) is 6.92 Å². The van der Waals surface area contributed by atoms with Gasteiger partial charge in [-0.15, -0.1) is 0 Å². The van der Waals surface area contributed by atoms with Crippen LogP contribution in [0.15, 0.2) is 0 Å². The van der Waals surface area contributed by atoms with Crippen LogP contribution in [0, 0.1) is 0 Å². The number of carbonyl (C=O) groups excluding carboxylic acids is 2. The van der Waals surface area contributed by atoms with E-state index < -0.39 is 24.3 Å². The number of hydrogen-bond acceptors (Lipinski definition) is 9. The van der Waals surface area contributed by atoms with Gasteiger partial charge in [-0.2, -0.15) is 0 Å². The summed E-state index contributed by atoms with van der Waals surface area (Å²) in [7, 11) is 0. The molecule has 0 aromatic heterocycles. The zero-order valence-corrected chi connectivity index (χ0v) is 14.3. The van der Waals surface area contributed by atoms with E-state index in [0.717, 1.165) is 0 Å². The number of aliphatic hydroxyl groups is 1. The van der Waals surface area contributed by atoms with Crippen LogP contribution in [0.25, 0.3) is 0 Å². The van der Waals surface area contributed by atoms with E-state index in [1.54, 1.807) is 6.92 Å². The Kier molecular flexibility index (Phi) is 39.6. The van der Waals surface area contributed by atoms with Gasteiger partial charge in [0.2, 0.25) is 0 Å². The molecule has 0 atom stereocenters. The average molecular weight is 270 g/mol. The standard InChI is InChI=1S/2C2H6N2O2.C2H6O.2Na/c2*3-1(4)2(5)6;1-2-3;;/h2*1H,3-4H2,(H,5,6);3H,2H2,1H3;;/q;;;2*+1/p-2. The summed E-state index contributed by atoms with van der Waals surface area (Å²) in [5.41, 5.74) is 18.2. The Hall–Kier alpha value is 0.740. The second-order valence-electron chi connectivity index (χ2n) is 2.01. The Balaban J connectivity index is -0.0000000421. The smallest absolute Gasteiger partial charge is 0.547 e. The number of rotatable bonds is 2. The summed E-state index contributed by atoms with van der Waals surface area (Å²) < 4.78 is 0. The van der Waals surface area contributed by atoms with Gasteiger partial charge < -0.3 is 47.8 Å². The molecule has 0 aromatic rings. The van der Waals surface area contributed by atoms with E-state index in [2.05, 4.69) is 22.9 Å². The summed E-state index contributed by atoms with van der Waals surface area (Å²) in [5.74, 6) is -2.87. The maximum absolute atomic E-state index is 9.34. The van der Waals surface area contributed by atoms with Crippen LogP contribution in [0.3, 0.4) is 0 Å². The van der Waals surface area contributed by atoms with Gasteiger partial charge in [0.15, 0.2) is 0 Å². The molecule has 0 fully saturated rings. The van der Waals surface area contributed by atoms with Gasteiger partial charge in [0, 0.05) is 6.61 Å². The van der Waals surface area contributed by atoms with Crippen LogP contribution >= 0.6 is 0 Å². The molecule has 0 aliphatic heterocycles. The summed E-state index contributed by atoms with van der Waals surface area (Å²) in [4.78, 5) is 18.7. The Morgan fingerprint density at radius 1 is 1.00 bits per heavy atom.